The number of carbonyl (C=O) groups is 1. The van der Waals surface area contributed by atoms with Gasteiger partial charge in [0, 0.05) is 10.6 Å². The molecule has 0 radical (unpaired) electrons. The van der Waals surface area contributed by atoms with Gasteiger partial charge >= 0.3 is 0 Å². The number of ether oxygens (including phenoxy) is 2. The van der Waals surface area contributed by atoms with E-state index in [4.69, 9.17) is 21.1 Å². The SMILES string of the molecule is C=CCOc1c(Br)cc(/C=N\NC(=O)c2ccc(N(Cc3ccc(Cl)cc3)S(C)(=O)=O)cc2)cc1OC. The van der Waals surface area contributed by atoms with Gasteiger partial charge in [0.25, 0.3) is 5.91 Å². The minimum Gasteiger partial charge on any atom is -0.493 e. The Kier molecular flexibility index (Phi) is 9.73. The topological polar surface area (TPSA) is 97.3 Å². The highest BCUT2D eigenvalue weighted by Crippen LogP contribution is 2.36. The summed E-state index contributed by atoms with van der Waals surface area (Å²) in [5, 5.41) is 4.57. The zero-order valence-corrected chi connectivity index (χ0v) is 23.3. The lowest BCUT2D eigenvalue weighted by atomic mass is 10.2. The van der Waals surface area contributed by atoms with Crippen molar-refractivity contribution in [3.8, 4) is 11.5 Å². The van der Waals surface area contributed by atoms with E-state index < -0.39 is 15.9 Å². The highest BCUT2D eigenvalue weighted by molar-refractivity contribution is 9.10. The first-order valence-corrected chi connectivity index (χ1v) is 13.9. The van der Waals surface area contributed by atoms with E-state index in [9.17, 15) is 13.2 Å². The van der Waals surface area contributed by atoms with Crippen LogP contribution in [0.25, 0.3) is 0 Å². The first-order valence-electron chi connectivity index (χ1n) is 10.9. The molecule has 0 unspecified atom stereocenters. The van der Waals surface area contributed by atoms with E-state index in [0.717, 1.165) is 11.8 Å². The third kappa shape index (κ3) is 7.82. The lowest BCUT2D eigenvalue weighted by molar-refractivity contribution is 0.0955. The van der Waals surface area contributed by atoms with Crippen LogP contribution >= 0.6 is 27.5 Å². The van der Waals surface area contributed by atoms with E-state index in [0.29, 0.717) is 44.4 Å². The summed E-state index contributed by atoms with van der Waals surface area (Å²) in [4.78, 5) is 12.6. The summed E-state index contributed by atoms with van der Waals surface area (Å²) < 4.78 is 37.7. The number of amides is 1. The van der Waals surface area contributed by atoms with Gasteiger partial charge in [-0.25, -0.2) is 13.8 Å². The Hall–Kier alpha value is -3.34. The van der Waals surface area contributed by atoms with Crippen molar-refractivity contribution in [3.05, 3.63) is 99.5 Å². The lowest BCUT2D eigenvalue weighted by Gasteiger charge is -2.22. The second-order valence-corrected chi connectivity index (χ2v) is 11.0. The van der Waals surface area contributed by atoms with Crippen molar-refractivity contribution in [2.75, 3.05) is 24.3 Å². The van der Waals surface area contributed by atoms with Gasteiger partial charge in [-0.2, -0.15) is 5.10 Å². The van der Waals surface area contributed by atoms with Gasteiger partial charge in [-0.1, -0.05) is 36.4 Å². The Morgan fingerprint density at radius 1 is 1.16 bits per heavy atom. The number of halogens is 2. The fourth-order valence-corrected chi connectivity index (χ4v) is 4.85. The Bertz CT molecular complexity index is 1390. The molecule has 3 rings (SSSR count). The van der Waals surface area contributed by atoms with Gasteiger partial charge in [-0.15, -0.1) is 0 Å². The molecule has 0 aliphatic rings. The van der Waals surface area contributed by atoms with E-state index in [1.807, 2.05) is 0 Å². The van der Waals surface area contributed by atoms with Crippen LogP contribution in [0.3, 0.4) is 0 Å². The first-order chi connectivity index (χ1) is 17.6. The molecule has 0 saturated heterocycles. The summed E-state index contributed by atoms with van der Waals surface area (Å²) in [6.45, 7) is 4.08. The smallest absolute Gasteiger partial charge is 0.271 e. The molecule has 3 aromatic rings. The van der Waals surface area contributed by atoms with E-state index in [-0.39, 0.29) is 6.54 Å². The van der Waals surface area contributed by atoms with Crippen molar-refractivity contribution in [1.29, 1.82) is 0 Å². The average molecular weight is 607 g/mol. The molecule has 0 aliphatic carbocycles. The Labute approximate surface area is 229 Å². The fraction of sp³-hybridized carbons (Fsp3) is 0.154. The molecule has 0 bridgehead atoms. The quantitative estimate of drug-likeness (QED) is 0.179. The van der Waals surface area contributed by atoms with Crippen LogP contribution in [0.1, 0.15) is 21.5 Å². The number of anilines is 1. The minimum absolute atomic E-state index is 0.127. The average Bonchev–Trinajstić information content (AvgIpc) is 2.86. The van der Waals surface area contributed by atoms with E-state index >= 15 is 0 Å². The normalized spacial score (nSPS) is 11.2. The number of methoxy groups -OCH3 is 1. The van der Waals surface area contributed by atoms with Crippen molar-refractivity contribution < 1.29 is 22.7 Å². The standard InChI is InChI=1S/C26H25BrClN3O5S/c1-4-13-36-25-23(27)14-19(15-24(25)35-2)16-29-30-26(32)20-7-11-22(12-8-20)31(37(3,33)34)17-18-5-9-21(28)10-6-18/h4-12,14-16H,1,13,17H2,2-3H3,(H,30,32)/b29-16-. The monoisotopic (exact) mass is 605 g/mol. The Balaban J connectivity index is 1.70. The third-order valence-corrected chi connectivity index (χ3v) is 7.02. The number of nitrogens with zero attached hydrogens (tertiary/aromatic N) is 2. The molecule has 0 saturated carbocycles. The van der Waals surface area contributed by atoms with Gasteiger partial charge in [0.1, 0.15) is 6.61 Å². The molecule has 0 atom stereocenters. The van der Waals surface area contributed by atoms with Crippen LogP contribution in [-0.2, 0) is 16.6 Å². The number of nitrogens with one attached hydrogen (secondary N) is 1. The molecular formula is C26H25BrClN3O5S. The zero-order chi connectivity index (χ0) is 27.0. The fourth-order valence-electron chi connectivity index (χ4n) is 3.26. The molecule has 0 heterocycles. The molecule has 11 heteroatoms. The van der Waals surface area contributed by atoms with E-state index in [1.54, 1.807) is 54.6 Å². The number of carbonyl (C=O) groups excluding carboxylic acids is 1. The summed E-state index contributed by atoms with van der Waals surface area (Å²) in [5.41, 5.74) is 4.64. The molecule has 0 aliphatic heterocycles. The molecule has 8 nitrogen and oxygen atoms in total. The number of rotatable bonds is 11. The number of sulfonamides is 1. The van der Waals surface area contributed by atoms with Crippen molar-refractivity contribution in [3.63, 3.8) is 0 Å². The highest BCUT2D eigenvalue weighted by atomic mass is 79.9. The predicted molar refractivity (Wildman–Crippen MR) is 150 cm³/mol. The van der Waals surface area contributed by atoms with Crippen LogP contribution in [0.15, 0.2) is 82.9 Å². The maximum atomic E-state index is 12.6. The van der Waals surface area contributed by atoms with Crippen LogP contribution in [0, 0.1) is 0 Å². The number of hydrogen-bond donors (Lipinski definition) is 1. The molecule has 0 fully saturated rings. The largest absolute Gasteiger partial charge is 0.493 e. The van der Waals surface area contributed by atoms with Crippen LogP contribution in [0.5, 0.6) is 11.5 Å². The van der Waals surface area contributed by atoms with Gasteiger partial charge in [0.05, 0.1) is 36.3 Å². The summed E-state index contributed by atoms with van der Waals surface area (Å²) in [6, 6.07) is 16.6. The second-order valence-electron chi connectivity index (χ2n) is 7.78. The van der Waals surface area contributed by atoms with Crippen LogP contribution < -0.4 is 19.2 Å². The zero-order valence-electron chi connectivity index (χ0n) is 20.1. The second kappa shape index (κ2) is 12.8. The maximum absolute atomic E-state index is 12.6. The predicted octanol–water partition coefficient (Wildman–Crippen LogP) is 5.41. The van der Waals surface area contributed by atoms with Crippen LogP contribution in [0.2, 0.25) is 5.02 Å². The molecular weight excluding hydrogens is 582 g/mol. The molecule has 37 heavy (non-hydrogen) atoms. The summed E-state index contributed by atoms with van der Waals surface area (Å²) in [7, 11) is -2.05. The summed E-state index contributed by atoms with van der Waals surface area (Å²) >= 11 is 9.36. The van der Waals surface area contributed by atoms with Crippen molar-refractivity contribution in [2.24, 2.45) is 5.10 Å². The van der Waals surface area contributed by atoms with E-state index in [1.165, 1.54) is 29.8 Å². The number of hydrogen-bond acceptors (Lipinski definition) is 6. The Morgan fingerprint density at radius 3 is 2.43 bits per heavy atom. The van der Waals surface area contributed by atoms with Crippen molar-refractivity contribution in [1.82, 2.24) is 5.43 Å². The van der Waals surface area contributed by atoms with Crippen molar-refractivity contribution in [2.45, 2.75) is 6.54 Å². The molecule has 1 N–H and O–H groups in total. The van der Waals surface area contributed by atoms with Gasteiger partial charge in [0.15, 0.2) is 11.5 Å². The van der Waals surface area contributed by atoms with Gasteiger partial charge in [-0.3, -0.25) is 9.10 Å². The molecule has 1 amide bonds. The van der Waals surface area contributed by atoms with Gasteiger partial charge < -0.3 is 9.47 Å². The van der Waals surface area contributed by atoms with E-state index in [2.05, 4.69) is 33.0 Å². The maximum Gasteiger partial charge on any atom is 0.271 e. The lowest BCUT2D eigenvalue weighted by Crippen LogP contribution is -2.29. The molecule has 0 spiro atoms. The van der Waals surface area contributed by atoms with Gasteiger partial charge in [0.2, 0.25) is 10.0 Å². The minimum atomic E-state index is -3.57. The van der Waals surface area contributed by atoms with Gasteiger partial charge in [-0.05, 0) is 75.6 Å². The van der Waals surface area contributed by atoms with Crippen molar-refractivity contribution >= 4 is 55.4 Å². The molecule has 0 aromatic heterocycles. The third-order valence-electron chi connectivity index (χ3n) is 5.03. The molecule has 194 valence electrons. The number of hydrazone groups is 1. The first kappa shape index (κ1) is 28.2. The van der Waals surface area contributed by atoms with Crippen LogP contribution in [-0.4, -0.2) is 40.5 Å². The summed E-state index contributed by atoms with van der Waals surface area (Å²) in [5.74, 6) is 0.569. The molecule has 3 aromatic carbocycles. The highest BCUT2D eigenvalue weighted by Gasteiger charge is 2.18. The van der Waals surface area contributed by atoms with Crippen LogP contribution in [0.4, 0.5) is 5.69 Å². The Morgan fingerprint density at radius 2 is 1.84 bits per heavy atom. The number of benzene rings is 3. The summed E-state index contributed by atoms with van der Waals surface area (Å²) in [6.07, 6.45) is 4.22.